The molecular formula is C29H28N2O5. The van der Waals surface area contributed by atoms with Gasteiger partial charge in [-0.1, -0.05) is 38.0 Å². The number of carbonyl (C=O) groups is 1. The highest BCUT2D eigenvalue weighted by molar-refractivity contribution is 5.91. The molecule has 0 fully saturated rings. The van der Waals surface area contributed by atoms with Crippen molar-refractivity contribution in [1.29, 1.82) is 5.26 Å². The van der Waals surface area contributed by atoms with E-state index in [1.54, 1.807) is 49.6 Å². The van der Waals surface area contributed by atoms with Crippen LogP contribution in [-0.2, 0) is 0 Å². The first-order valence-electron chi connectivity index (χ1n) is 11.8. The van der Waals surface area contributed by atoms with Crippen LogP contribution in [-0.4, -0.2) is 19.7 Å². The first kappa shape index (κ1) is 24.7. The number of ether oxygens (including phenoxy) is 4. The number of carbonyl (C=O) groups excluding carboxylic acids is 1. The van der Waals surface area contributed by atoms with Gasteiger partial charge in [0.25, 0.3) is 0 Å². The van der Waals surface area contributed by atoms with Crippen LogP contribution in [0.15, 0.2) is 78.2 Å². The summed E-state index contributed by atoms with van der Waals surface area (Å²) >= 11 is 0. The number of fused-ring (bicyclic) bond motifs is 1. The van der Waals surface area contributed by atoms with Gasteiger partial charge in [0.1, 0.15) is 34.6 Å². The molecule has 1 unspecified atom stereocenters. The minimum absolute atomic E-state index is 0.0174. The predicted molar refractivity (Wildman–Crippen MR) is 135 cm³/mol. The average Bonchev–Trinajstić information content (AvgIpc) is 2.90. The van der Waals surface area contributed by atoms with Crippen LogP contribution in [0, 0.1) is 11.3 Å². The summed E-state index contributed by atoms with van der Waals surface area (Å²) in [5.74, 6) is 1.25. The van der Waals surface area contributed by atoms with E-state index in [0.29, 0.717) is 40.7 Å². The number of esters is 1. The van der Waals surface area contributed by atoms with Crippen LogP contribution in [0.25, 0.3) is 0 Å². The molecule has 1 aliphatic heterocycles. The van der Waals surface area contributed by atoms with Crippen molar-refractivity contribution in [3.05, 3.63) is 94.9 Å². The molecule has 0 aromatic heterocycles. The van der Waals surface area contributed by atoms with Crippen molar-refractivity contribution in [2.45, 2.75) is 32.1 Å². The number of allylic oxidation sites excluding steroid dienone is 1. The van der Waals surface area contributed by atoms with E-state index >= 15 is 0 Å². The molecule has 0 radical (unpaired) electrons. The van der Waals surface area contributed by atoms with Crippen molar-refractivity contribution in [3.8, 4) is 29.1 Å². The molecule has 7 heteroatoms. The van der Waals surface area contributed by atoms with E-state index in [4.69, 9.17) is 24.7 Å². The molecule has 7 nitrogen and oxygen atoms in total. The summed E-state index contributed by atoms with van der Waals surface area (Å²) in [5, 5.41) is 9.74. The fraction of sp³-hybridized carbons (Fsp3) is 0.241. The summed E-state index contributed by atoms with van der Waals surface area (Å²) in [6.45, 7) is 2.79. The smallest absolute Gasteiger partial charge is 0.343 e. The van der Waals surface area contributed by atoms with Gasteiger partial charge in [0.05, 0.1) is 25.2 Å². The minimum Gasteiger partial charge on any atom is -0.497 e. The summed E-state index contributed by atoms with van der Waals surface area (Å²) in [5.41, 5.74) is 8.41. The Labute approximate surface area is 210 Å². The van der Waals surface area contributed by atoms with Gasteiger partial charge in [-0.05, 0) is 54.4 Å². The zero-order valence-corrected chi connectivity index (χ0v) is 20.3. The molecule has 0 aliphatic carbocycles. The summed E-state index contributed by atoms with van der Waals surface area (Å²) in [6, 6.07) is 21.5. The summed E-state index contributed by atoms with van der Waals surface area (Å²) in [7, 11) is 1.59. The minimum atomic E-state index is -0.503. The van der Waals surface area contributed by atoms with E-state index in [1.807, 2.05) is 24.3 Å². The fourth-order valence-electron chi connectivity index (χ4n) is 4.03. The first-order valence-corrected chi connectivity index (χ1v) is 11.8. The van der Waals surface area contributed by atoms with E-state index in [1.165, 1.54) is 0 Å². The second kappa shape index (κ2) is 11.3. The van der Waals surface area contributed by atoms with Crippen LogP contribution in [0.2, 0.25) is 0 Å². The molecule has 3 aromatic rings. The number of nitriles is 1. The van der Waals surface area contributed by atoms with E-state index in [2.05, 4.69) is 13.0 Å². The van der Waals surface area contributed by atoms with Crippen LogP contribution < -0.4 is 24.7 Å². The summed E-state index contributed by atoms with van der Waals surface area (Å²) in [6.07, 6.45) is 3.25. The summed E-state index contributed by atoms with van der Waals surface area (Å²) < 4.78 is 22.2. The van der Waals surface area contributed by atoms with Gasteiger partial charge in [-0.25, -0.2) is 4.79 Å². The standard InChI is InChI=1S/C29H28N2O5/c1-3-4-5-16-34-22-12-8-20(9-13-22)29(32)35-23-14-15-24-26(17-23)36-28(31)25(18-30)27(24)19-6-10-21(33-2)11-7-19/h6-15,17,27H,3-5,16,31H2,1-2H3. The average molecular weight is 485 g/mol. The van der Waals surface area contributed by atoms with Gasteiger partial charge >= 0.3 is 5.97 Å². The van der Waals surface area contributed by atoms with E-state index < -0.39 is 11.9 Å². The molecule has 3 aromatic carbocycles. The van der Waals surface area contributed by atoms with Crippen molar-refractivity contribution in [3.63, 3.8) is 0 Å². The molecule has 0 saturated heterocycles. The van der Waals surface area contributed by atoms with Crippen LogP contribution in [0.3, 0.4) is 0 Å². The van der Waals surface area contributed by atoms with E-state index in [9.17, 15) is 10.1 Å². The first-order chi connectivity index (χ1) is 17.5. The second-order valence-electron chi connectivity index (χ2n) is 8.37. The third kappa shape index (κ3) is 5.44. The molecule has 0 saturated carbocycles. The molecule has 1 aliphatic rings. The molecular weight excluding hydrogens is 456 g/mol. The van der Waals surface area contributed by atoms with Crippen LogP contribution in [0.1, 0.15) is 53.6 Å². The molecule has 36 heavy (non-hydrogen) atoms. The van der Waals surface area contributed by atoms with Gasteiger partial charge in [0.15, 0.2) is 0 Å². The Morgan fingerprint density at radius 2 is 1.69 bits per heavy atom. The Balaban J connectivity index is 1.51. The van der Waals surface area contributed by atoms with Crippen molar-refractivity contribution < 1.29 is 23.7 Å². The number of benzene rings is 3. The molecule has 1 atom stereocenters. The van der Waals surface area contributed by atoms with Gasteiger partial charge in [0, 0.05) is 11.6 Å². The number of nitrogens with two attached hydrogens (primary N) is 1. The number of unbranched alkanes of at least 4 members (excludes halogenated alkanes) is 2. The zero-order valence-electron chi connectivity index (χ0n) is 20.3. The Morgan fingerprint density at radius 3 is 2.36 bits per heavy atom. The SMILES string of the molecule is CCCCCOc1ccc(C(=O)Oc2ccc3c(c2)OC(N)=C(C#N)C3c2ccc(OC)cc2)cc1. The molecule has 4 rings (SSSR count). The lowest BCUT2D eigenvalue weighted by molar-refractivity contribution is 0.0734. The van der Waals surface area contributed by atoms with Gasteiger partial charge in [0.2, 0.25) is 5.88 Å². The van der Waals surface area contributed by atoms with Gasteiger partial charge < -0.3 is 24.7 Å². The Morgan fingerprint density at radius 1 is 1.00 bits per heavy atom. The van der Waals surface area contributed by atoms with Gasteiger partial charge in [-0.2, -0.15) is 5.26 Å². The molecule has 0 amide bonds. The van der Waals surface area contributed by atoms with Crippen molar-refractivity contribution in [2.24, 2.45) is 5.73 Å². The lowest BCUT2D eigenvalue weighted by atomic mass is 9.83. The molecule has 2 N–H and O–H groups in total. The Bertz CT molecular complexity index is 1290. The number of rotatable bonds is 9. The lowest BCUT2D eigenvalue weighted by Crippen LogP contribution is -2.21. The molecule has 0 bridgehead atoms. The third-order valence-electron chi connectivity index (χ3n) is 5.96. The van der Waals surface area contributed by atoms with E-state index in [-0.39, 0.29) is 5.88 Å². The van der Waals surface area contributed by atoms with Crippen molar-refractivity contribution in [2.75, 3.05) is 13.7 Å². The largest absolute Gasteiger partial charge is 0.497 e. The van der Waals surface area contributed by atoms with Crippen LogP contribution in [0.5, 0.6) is 23.0 Å². The van der Waals surface area contributed by atoms with Crippen LogP contribution >= 0.6 is 0 Å². The lowest BCUT2D eigenvalue weighted by Gasteiger charge is -2.26. The second-order valence-corrected chi connectivity index (χ2v) is 8.37. The van der Waals surface area contributed by atoms with Crippen molar-refractivity contribution in [1.82, 2.24) is 0 Å². The van der Waals surface area contributed by atoms with Crippen LogP contribution in [0.4, 0.5) is 0 Å². The predicted octanol–water partition coefficient (Wildman–Crippen LogP) is 5.70. The van der Waals surface area contributed by atoms with E-state index in [0.717, 1.165) is 30.4 Å². The number of hydrogen-bond acceptors (Lipinski definition) is 7. The van der Waals surface area contributed by atoms with Crippen molar-refractivity contribution >= 4 is 5.97 Å². The maximum atomic E-state index is 12.7. The maximum Gasteiger partial charge on any atom is 0.343 e. The fourth-order valence-corrected chi connectivity index (χ4v) is 4.03. The van der Waals surface area contributed by atoms with Gasteiger partial charge in [-0.15, -0.1) is 0 Å². The number of nitrogens with zero attached hydrogens (tertiary/aromatic N) is 1. The zero-order chi connectivity index (χ0) is 25.5. The van der Waals surface area contributed by atoms with Gasteiger partial charge in [-0.3, -0.25) is 0 Å². The Kier molecular flexibility index (Phi) is 7.76. The Hall–Kier alpha value is -4.44. The normalized spacial score (nSPS) is 14.3. The highest BCUT2D eigenvalue weighted by Crippen LogP contribution is 2.43. The maximum absolute atomic E-state index is 12.7. The quantitative estimate of drug-likeness (QED) is 0.236. The highest BCUT2D eigenvalue weighted by Gasteiger charge is 2.31. The third-order valence-corrected chi connectivity index (χ3v) is 5.96. The molecule has 184 valence electrons. The molecule has 1 heterocycles. The molecule has 0 spiro atoms. The topological polar surface area (TPSA) is 104 Å². The monoisotopic (exact) mass is 484 g/mol. The summed E-state index contributed by atoms with van der Waals surface area (Å²) in [4.78, 5) is 12.7. The number of hydrogen-bond donors (Lipinski definition) is 1. The highest BCUT2D eigenvalue weighted by atomic mass is 16.5. The number of methoxy groups -OCH3 is 1.